The molecule has 0 saturated carbocycles. The zero-order valence-corrected chi connectivity index (χ0v) is 18.2. The molecule has 168 valence electrons. The molecule has 4 rings (SSSR count). The predicted molar refractivity (Wildman–Crippen MR) is 117 cm³/mol. The summed E-state index contributed by atoms with van der Waals surface area (Å²) in [5.74, 6) is -0.585. The van der Waals surface area contributed by atoms with Crippen molar-refractivity contribution < 1.29 is 27.4 Å². The molecular weight excluding hydrogens is 455 g/mol. The summed E-state index contributed by atoms with van der Waals surface area (Å²) in [6, 6.07) is 11.7. The fraction of sp³-hybridized carbons (Fsp3) is 0.174. The average molecular weight is 471 g/mol. The summed E-state index contributed by atoms with van der Waals surface area (Å²) in [6.07, 6.45) is -4.01. The third kappa shape index (κ3) is 4.27. The highest BCUT2D eigenvalue weighted by Crippen LogP contribution is 2.39. The van der Waals surface area contributed by atoms with E-state index in [1.165, 1.54) is 38.6 Å². The molecule has 33 heavy (non-hydrogen) atoms. The first kappa shape index (κ1) is 22.4. The Morgan fingerprint density at radius 3 is 2.67 bits per heavy atom. The van der Waals surface area contributed by atoms with Crippen molar-refractivity contribution in [2.75, 3.05) is 7.11 Å². The van der Waals surface area contributed by atoms with Crippen LogP contribution >= 0.6 is 11.3 Å². The molecule has 0 unspecified atom stereocenters. The van der Waals surface area contributed by atoms with E-state index in [-0.39, 0.29) is 16.2 Å². The molecule has 10 heteroatoms. The van der Waals surface area contributed by atoms with Crippen molar-refractivity contribution in [3.05, 3.63) is 82.3 Å². The van der Waals surface area contributed by atoms with Crippen LogP contribution < -0.4 is 4.74 Å². The van der Waals surface area contributed by atoms with Crippen LogP contribution in [0, 0.1) is 6.57 Å². The summed E-state index contributed by atoms with van der Waals surface area (Å²) in [5.41, 5.74) is 0.847. The Kier molecular flexibility index (Phi) is 5.82. The fourth-order valence-corrected chi connectivity index (χ4v) is 4.40. The number of halogens is 3. The first-order valence-corrected chi connectivity index (χ1v) is 10.4. The van der Waals surface area contributed by atoms with E-state index in [0.717, 1.165) is 17.4 Å². The van der Waals surface area contributed by atoms with Gasteiger partial charge < -0.3 is 9.47 Å². The number of thiophene rings is 1. The number of esters is 1. The van der Waals surface area contributed by atoms with Gasteiger partial charge >= 0.3 is 12.1 Å². The van der Waals surface area contributed by atoms with Gasteiger partial charge in [-0.1, -0.05) is 24.3 Å². The number of carbonyl (C=O) groups excluding carboxylic acids is 1. The van der Waals surface area contributed by atoms with E-state index >= 15 is 0 Å². The fourth-order valence-electron chi connectivity index (χ4n) is 3.41. The summed E-state index contributed by atoms with van der Waals surface area (Å²) >= 11 is 1.05. The van der Waals surface area contributed by atoms with Crippen molar-refractivity contribution in [1.82, 2.24) is 9.55 Å². The minimum absolute atomic E-state index is 0.0525. The van der Waals surface area contributed by atoms with Crippen LogP contribution in [0.15, 0.2) is 54.9 Å². The second-order valence-electron chi connectivity index (χ2n) is 7.01. The lowest BCUT2D eigenvalue weighted by molar-refractivity contribution is -0.139. The molecule has 0 radical (unpaired) electrons. The lowest BCUT2D eigenvalue weighted by Gasteiger charge is -2.19. The predicted octanol–water partition coefficient (Wildman–Crippen LogP) is 6.58. The highest BCUT2D eigenvalue weighted by atomic mass is 32.1. The minimum atomic E-state index is -4.55. The molecule has 0 N–H and O–H groups in total. The van der Waals surface area contributed by atoms with Crippen LogP contribution in [0.3, 0.4) is 0 Å². The van der Waals surface area contributed by atoms with Gasteiger partial charge in [0.1, 0.15) is 23.2 Å². The summed E-state index contributed by atoms with van der Waals surface area (Å²) in [4.78, 5) is 20.2. The largest absolute Gasteiger partial charge is 0.484 e. The van der Waals surface area contributed by atoms with Crippen LogP contribution in [0.25, 0.3) is 20.9 Å². The number of benzene rings is 2. The zero-order valence-electron chi connectivity index (χ0n) is 17.4. The van der Waals surface area contributed by atoms with Gasteiger partial charge in [0, 0.05) is 11.6 Å². The third-order valence-electron chi connectivity index (χ3n) is 4.96. The van der Waals surface area contributed by atoms with Gasteiger partial charge in [-0.05, 0) is 25.1 Å². The Morgan fingerprint density at radius 1 is 1.21 bits per heavy atom. The van der Waals surface area contributed by atoms with Gasteiger partial charge in [-0.15, -0.1) is 11.3 Å². The number of hydrogen-bond donors (Lipinski definition) is 0. The molecule has 2 aromatic carbocycles. The lowest BCUT2D eigenvalue weighted by Crippen LogP contribution is -2.14. The van der Waals surface area contributed by atoms with Gasteiger partial charge in [0.25, 0.3) is 0 Å². The summed E-state index contributed by atoms with van der Waals surface area (Å²) in [6.45, 7) is 8.71. The van der Waals surface area contributed by atoms with Crippen molar-refractivity contribution in [1.29, 1.82) is 0 Å². The molecule has 4 aromatic rings. The Bertz CT molecular complexity index is 1390. The molecule has 0 bridgehead atoms. The van der Waals surface area contributed by atoms with Gasteiger partial charge in [0.2, 0.25) is 0 Å². The zero-order chi connectivity index (χ0) is 23.8. The summed E-state index contributed by atoms with van der Waals surface area (Å²) < 4.78 is 52.7. The number of imidazole rings is 1. The van der Waals surface area contributed by atoms with Crippen LogP contribution in [0.5, 0.6) is 5.75 Å². The molecule has 0 amide bonds. The number of ether oxygens (including phenoxy) is 2. The Morgan fingerprint density at radius 2 is 1.97 bits per heavy atom. The maximum Gasteiger partial charge on any atom is 0.416 e. The highest BCUT2D eigenvalue weighted by molar-refractivity contribution is 7.16. The first-order chi connectivity index (χ1) is 15.7. The molecule has 2 heterocycles. The molecule has 0 aliphatic carbocycles. The van der Waals surface area contributed by atoms with E-state index in [1.807, 2.05) is 0 Å². The molecule has 6 nitrogen and oxygen atoms in total. The van der Waals surface area contributed by atoms with E-state index < -0.39 is 23.8 Å². The SMILES string of the molecule is [C-]#[N+]c1ccc2ncn(-c3cc(O[C@H](C)c4ccccc4C(F)(F)F)c(C(=O)OC)s3)c2c1. The van der Waals surface area contributed by atoms with Gasteiger partial charge in [0.05, 0.1) is 30.3 Å². The topological polar surface area (TPSA) is 57.7 Å². The monoisotopic (exact) mass is 471 g/mol. The van der Waals surface area contributed by atoms with Crippen molar-refractivity contribution in [2.45, 2.75) is 19.2 Å². The number of fused-ring (bicyclic) bond motifs is 1. The van der Waals surface area contributed by atoms with Gasteiger partial charge in [-0.2, -0.15) is 13.2 Å². The van der Waals surface area contributed by atoms with Crippen LogP contribution in [0.2, 0.25) is 0 Å². The second kappa shape index (κ2) is 8.60. The Labute approximate surface area is 190 Å². The quantitative estimate of drug-likeness (QED) is 0.244. The number of rotatable bonds is 5. The average Bonchev–Trinajstić information content (AvgIpc) is 3.41. The number of aromatic nitrogens is 2. The van der Waals surface area contributed by atoms with Crippen molar-refractivity contribution in [2.24, 2.45) is 0 Å². The van der Waals surface area contributed by atoms with E-state index in [9.17, 15) is 18.0 Å². The normalized spacial score (nSPS) is 12.4. The smallest absolute Gasteiger partial charge is 0.416 e. The number of hydrogen-bond acceptors (Lipinski definition) is 5. The maximum absolute atomic E-state index is 13.5. The standard InChI is InChI=1S/C23H16F3N3O3S/c1-13(15-6-4-5-7-16(15)23(24,25)26)32-19-11-20(33-21(19)22(30)31-3)29-12-28-17-9-8-14(27-2)10-18(17)29/h4-13H,1,3H3/t13-/m1/s1. The number of alkyl halides is 3. The van der Waals surface area contributed by atoms with Gasteiger partial charge in [-0.3, -0.25) is 4.57 Å². The van der Waals surface area contributed by atoms with E-state index in [2.05, 4.69) is 9.83 Å². The van der Waals surface area contributed by atoms with Gasteiger partial charge in [-0.25, -0.2) is 14.6 Å². The molecule has 0 fully saturated rings. The van der Waals surface area contributed by atoms with E-state index in [0.29, 0.717) is 21.7 Å². The number of methoxy groups -OCH3 is 1. The van der Waals surface area contributed by atoms with Crippen LogP contribution in [0.4, 0.5) is 18.9 Å². The molecular formula is C23H16F3N3O3S. The van der Waals surface area contributed by atoms with Crippen molar-refractivity contribution >= 4 is 34.0 Å². The third-order valence-corrected chi connectivity index (χ3v) is 6.06. The molecule has 2 aromatic heterocycles. The molecule has 1 atom stereocenters. The van der Waals surface area contributed by atoms with E-state index in [1.54, 1.807) is 28.8 Å². The first-order valence-electron chi connectivity index (χ1n) is 9.62. The lowest BCUT2D eigenvalue weighted by atomic mass is 10.0. The van der Waals surface area contributed by atoms with Crippen LogP contribution in [0.1, 0.15) is 33.8 Å². The van der Waals surface area contributed by atoms with Crippen molar-refractivity contribution in [3.63, 3.8) is 0 Å². The molecule has 0 aliphatic heterocycles. The van der Waals surface area contributed by atoms with Crippen molar-refractivity contribution in [3.8, 4) is 10.8 Å². The minimum Gasteiger partial charge on any atom is -0.484 e. The molecule has 0 aliphatic rings. The molecule has 0 spiro atoms. The van der Waals surface area contributed by atoms with Crippen LogP contribution in [-0.4, -0.2) is 22.6 Å². The summed E-state index contributed by atoms with van der Waals surface area (Å²) in [7, 11) is 1.21. The summed E-state index contributed by atoms with van der Waals surface area (Å²) in [5, 5.41) is 0.534. The maximum atomic E-state index is 13.5. The van der Waals surface area contributed by atoms with Crippen LogP contribution in [-0.2, 0) is 10.9 Å². The number of carbonyl (C=O) groups is 1. The Hall–Kier alpha value is -3.84. The Balaban J connectivity index is 1.77. The molecule has 0 saturated heterocycles. The second-order valence-corrected chi connectivity index (χ2v) is 8.04. The highest BCUT2D eigenvalue weighted by Gasteiger charge is 2.35. The number of nitrogens with zero attached hydrogens (tertiary/aromatic N) is 3. The van der Waals surface area contributed by atoms with E-state index in [4.69, 9.17) is 16.0 Å². The van der Waals surface area contributed by atoms with Gasteiger partial charge in [0.15, 0.2) is 10.6 Å².